The molecule has 1 aliphatic heterocycles. The number of rotatable bonds is 5. The second kappa shape index (κ2) is 7.44. The van der Waals surface area contributed by atoms with E-state index in [4.69, 9.17) is 10.3 Å². The summed E-state index contributed by atoms with van der Waals surface area (Å²) in [5, 5.41) is 3.92. The van der Waals surface area contributed by atoms with Crippen molar-refractivity contribution < 1.29 is 9.32 Å². The monoisotopic (exact) mass is 329 g/mol. The van der Waals surface area contributed by atoms with Crippen molar-refractivity contribution in [1.82, 2.24) is 19.9 Å². The van der Waals surface area contributed by atoms with E-state index in [1.54, 1.807) is 6.92 Å². The first-order valence-electron chi connectivity index (χ1n) is 8.24. The van der Waals surface area contributed by atoms with Crippen molar-refractivity contribution in [2.24, 2.45) is 0 Å². The van der Waals surface area contributed by atoms with E-state index >= 15 is 0 Å². The Morgan fingerprint density at radius 3 is 2.67 bits per heavy atom. The van der Waals surface area contributed by atoms with Crippen molar-refractivity contribution in [3.8, 4) is 0 Å². The second-order valence-corrected chi connectivity index (χ2v) is 6.09. The Morgan fingerprint density at radius 2 is 2.00 bits per heavy atom. The summed E-state index contributed by atoms with van der Waals surface area (Å²) in [6, 6.07) is 7.71. The maximum absolute atomic E-state index is 12.4. The van der Waals surface area contributed by atoms with Gasteiger partial charge in [-0.3, -0.25) is 9.69 Å². The summed E-state index contributed by atoms with van der Waals surface area (Å²) in [5.74, 6) is 1.47. The fourth-order valence-electron chi connectivity index (χ4n) is 2.92. The lowest BCUT2D eigenvalue weighted by Crippen LogP contribution is -2.48. The minimum absolute atomic E-state index is 0.188. The number of para-hydroxylation sites is 1. The summed E-state index contributed by atoms with van der Waals surface area (Å²) in [6.45, 7) is 5.58. The van der Waals surface area contributed by atoms with Gasteiger partial charge in [0.1, 0.15) is 0 Å². The third kappa shape index (κ3) is 4.11. The second-order valence-electron chi connectivity index (χ2n) is 6.09. The quantitative estimate of drug-likeness (QED) is 0.830. The number of carbonyl (C=O) groups is 1. The first-order chi connectivity index (χ1) is 11.6. The van der Waals surface area contributed by atoms with Crippen LogP contribution < -0.4 is 5.73 Å². The summed E-state index contributed by atoms with van der Waals surface area (Å²) in [6.07, 6.45) is 1.19. The van der Waals surface area contributed by atoms with Crippen molar-refractivity contribution in [2.45, 2.75) is 26.3 Å². The molecule has 0 aliphatic carbocycles. The van der Waals surface area contributed by atoms with E-state index in [1.165, 1.54) is 0 Å². The Kier molecular flexibility index (Phi) is 5.10. The lowest BCUT2D eigenvalue weighted by Gasteiger charge is -2.34. The number of nitrogens with two attached hydrogens (primary N) is 1. The van der Waals surface area contributed by atoms with Gasteiger partial charge in [-0.25, -0.2) is 0 Å². The van der Waals surface area contributed by atoms with Crippen molar-refractivity contribution in [1.29, 1.82) is 0 Å². The highest BCUT2D eigenvalue weighted by Gasteiger charge is 2.22. The Bertz CT molecular complexity index is 692. The number of aromatic nitrogens is 2. The van der Waals surface area contributed by atoms with Crippen LogP contribution in [0.5, 0.6) is 0 Å². The van der Waals surface area contributed by atoms with Crippen LogP contribution in [0.15, 0.2) is 28.8 Å². The molecule has 1 fully saturated rings. The number of hydrogen-bond donors (Lipinski definition) is 1. The zero-order chi connectivity index (χ0) is 16.9. The number of hydrogen-bond acceptors (Lipinski definition) is 6. The van der Waals surface area contributed by atoms with Gasteiger partial charge in [0.05, 0.1) is 6.54 Å². The molecule has 7 heteroatoms. The zero-order valence-corrected chi connectivity index (χ0v) is 13.9. The molecule has 1 aromatic heterocycles. The molecule has 1 aromatic carbocycles. The van der Waals surface area contributed by atoms with E-state index in [0.717, 1.165) is 37.4 Å². The van der Waals surface area contributed by atoms with Gasteiger partial charge in [-0.15, -0.1) is 0 Å². The fourth-order valence-corrected chi connectivity index (χ4v) is 2.92. The molecular weight excluding hydrogens is 306 g/mol. The Morgan fingerprint density at radius 1 is 1.25 bits per heavy atom. The molecular formula is C17H23N5O2. The Hall–Kier alpha value is -2.41. The normalized spacial score (nSPS) is 15.6. The number of piperazine rings is 1. The summed E-state index contributed by atoms with van der Waals surface area (Å²) >= 11 is 0. The van der Waals surface area contributed by atoms with Gasteiger partial charge in [0.15, 0.2) is 5.82 Å². The molecule has 7 nitrogen and oxygen atoms in total. The number of aryl methyl sites for hydroxylation is 2. The lowest BCUT2D eigenvalue weighted by atomic mass is 10.1. The average molecular weight is 329 g/mol. The molecule has 2 heterocycles. The third-order valence-corrected chi connectivity index (χ3v) is 4.32. The minimum Gasteiger partial charge on any atom is -0.399 e. The van der Waals surface area contributed by atoms with Crippen LogP contribution in [0.4, 0.5) is 5.69 Å². The van der Waals surface area contributed by atoms with E-state index in [-0.39, 0.29) is 5.91 Å². The molecule has 0 atom stereocenters. The van der Waals surface area contributed by atoms with Crippen LogP contribution in [0.25, 0.3) is 0 Å². The van der Waals surface area contributed by atoms with E-state index in [1.807, 2.05) is 29.2 Å². The molecule has 1 amide bonds. The molecule has 2 N–H and O–H groups in total. The first kappa shape index (κ1) is 16.4. The van der Waals surface area contributed by atoms with Crippen LogP contribution in [0, 0.1) is 6.92 Å². The number of amides is 1. The standard InChI is InChI=1S/C17H23N5O2/c1-13-19-16(20-24-13)12-21-8-10-22(11-9-21)17(23)7-6-14-4-2-3-5-15(14)18/h2-5H,6-12,18H2,1H3. The Balaban J connectivity index is 1.44. The number of nitrogen functional groups attached to an aromatic ring is 1. The molecule has 24 heavy (non-hydrogen) atoms. The van der Waals surface area contributed by atoms with Crippen LogP contribution in [0.2, 0.25) is 0 Å². The fraction of sp³-hybridized carbons (Fsp3) is 0.471. The molecule has 1 saturated heterocycles. The molecule has 128 valence electrons. The van der Waals surface area contributed by atoms with Crippen LogP contribution >= 0.6 is 0 Å². The van der Waals surface area contributed by atoms with Crippen molar-refractivity contribution in [2.75, 3.05) is 31.9 Å². The highest BCUT2D eigenvalue weighted by Crippen LogP contribution is 2.14. The number of carbonyl (C=O) groups excluding carboxylic acids is 1. The number of anilines is 1. The van der Waals surface area contributed by atoms with E-state index < -0.39 is 0 Å². The van der Waals surface area contributed by atoms with E-state index in [9.17, 15) is 4.79 Å². The van der Waals surface area contributed by atoms with Gasteiger partial charge in [-0.1, -0.05) is 23.4 Å². The largest absolute Gasteiger partial charge is 0.399 e. The van der Waals surface area contributed by atoms with Crippen LogP contribution in [0.1, 0.15) is 23.7 Å². The SMILES string of the molecule is Cc1nc(CN2CCN(C(=O)CCc3ccccc3N)CC2)no1. The topological polar surface area (TPSA) is 88.5 Å². The molecule has 0 saturated carbocycles. The third-order valence-electron chi connectivity index (χ3n) is 4.32. The first-order valence-corrected chi connectivity index (χ1v) is 8.24. The van der Waals surface area contributed by atoms with Gasteiger partial charge >= 0.3 is 0 Å². The maximum atomic E-state index is 12.4. The van der Waals surface area contributed by atoms with Crippen molar-refractivity contribution in [3.05, 3.63) is 41.5 Å². The van der Waals surface area contributed by atoms with Crippen LogP contribution in [-0.4, -0.2) is 52.0 Å². The Labute approximate surface area is 141 Å². The van der Waals surface area contributed by atoms with Crippen LogP contribution in [0.3, 0.4) is 0 Å². The van der Waals surface area contributed by atoms with Gasteiger partial charge in [0.25, 0.3) is 0 Å². The van der Waals surface area contributed by atoms with Gasteiger partial charge in [-0.2, -0.15) is 4.98 Å². The summed E-state index contributed by atoms with van der Waals surface area (Å²) in [7, 11) is 0. The molecule has 2 aromatic rings. The molecule has 0 spiro atoms. The zero-order valence-electron chi connectivity index (χ0n) is 13.9. The van der Waals surface area contributed by atoms with Gasteiger partial charge in [0, 0.05) is 45.2 Å². The summed E-state index contributed by atoms with van der Waals surface area (Å²) in [4.78, 5) is 20.8. The lowest BCUT2D eigenvalue weighted by molar-refractivity contribution is -0.133. The highest BCUT2D eigenvalue weighted by atomic mass is 16.5. The average Bonchev–Trinajstić information content (AvgIpc) is 2.99. The van der Waals surface area contributed by atoms with Crippen molar-refractivity contribution in [3.63, 3.8) is 0 Å². The molecule has 3 rings (SSSR count). The van der Waals surface area contributed by atoms with E-state index in [0.29, 0.717) is 31.1 Å². The number of nitrogens with zero attached hydrogens (tertiary/aromatic N) is 4. The molecule has 0 radical (unpaired) electrons. The molecule has 0 bridgehead atoms. The summed E-state index contributed by atoms with van der Waals surface area (Å²) in [5.41, 5.74) is 7.72. The molecule has 1 aliphatic rings. The molecule has 0 unspecified atom stereocenters. The van der Waals surface area contributed by atoms with E-state index in [2.05, 4.69) is 15.0 Å². The smallest absolute Gasteiger partial charge is 0.223 e. The van der Waals surface area contributed by atoms with Gasteiger partial charge in [-0.05, 0) is 18.1 Å². The van der Waals surface area contributed by atoms with Gasteiger partial charge in [0.2, 0.25) is 11.8 Å². The highest BCUT2D eigenvalue weighted by molar-refractivity contribution is 5.76. The maximum Gasteiger partial charge on any atom is 0.223 e. The predicted molar refractivity (Wildman–Crippen MR) is 90.1 cm³/mol. The van der Waals surface area contributed by atoms with Crippen molar-refractivity contribution >= 4 is 11.6 Å². The summed E-state index contributed by atoms with van der Waals surface area (Å²) < 4.78 is 4.99. The van der Waals surface area contributed by atoms with Crippen LogP contribution in [-0.2, 0) is 17.8 Å². The predicted octanol–water partition coefficient (Wildman–Crippen LogP) is 1.24. The van der Waals surface area contributed by atoms with Gasteiger partial charge < -0.3 is 15.2 Å². The number of benzene rings is 1. The minimum atomic E-state index is 0.188.